The van der Waals surface area contributed by atoms with Gasteiger partial charge in [-0.25, -0.2) is 0 Å². The fourth-order valence-corrected chi connectivity index (χ4v) is 2.89. The Morgan fingerprint density at radius 3 is 2.31 bits per heavy atom. The van der Waals surface area contributed by atoms with Crippen molar-refractivity contribution < 1.29 is 0 Å². The molecule has 16 heavy (non-hydrogen) atoms. The summed E-state index contributed by atoms with van der Waals surface area (Å²) in [6, 6.07) is 10.8. The molecule has 1 spiro atoms. The third kappa shape index (κ3) is 2.00. The van der Waals surface area contributed by atoms with Gasteiger partial charge in [-0.05, 0) is 31.4 Å². The zero-order chi connectivity index (χ0) is 10.8. The number of benzene rings is 1. The molecule has 1 N–H and O–H groups in total. The van der Waals surface area contributed by atoms with Gasteiger partial charge < -0.3 is 5.32 Å². The van der Waals surface area contributed by atoms with Crippen molar-refractivity contribution in [2.24, 2.45) is 0 Å². The molecule has 0 radical (unpaired) electrons. The van der Waals surface area contributed by atoms with Gasteiger partial charge in [0.15, 0.2) is 0 Å². The minimum absolute atomic E-state index is 0.535. The van der Waals surface area contributed by atoms with E-state index in [1.54, 1.807) is 0 Å². The minimum Gasteiger partial charge on any atom is -0.311 e. The average molecular weight is 216 g/mol. The summed E-state index contributed by atoms with van der Waals surface area (Å²) < 4.78 is 0. The van der Waals surface area contributed by atoms with Crippen LogP contribution < -0.4 is 5.32 Å². The monoisotopic (exact) mass is 216 g/mol. The van der Waals surface area contributed by atoms with E-state index >= 15 is 0 Å². The lowest BCUT2D eigenvalue weighted by atomic mass is 9.79. The molecule has 2 saturated heterocycles. The van der Waals surface area contributed by atoms with Crippen molar-refractivity contribution >= 4 is 0 Å². The first kappa shape index (κ1) is 10.3. The molecule has 2 heterocycles. The molecule has 0 saturated carbocycles. The van der Waals surface area contributed by atoms with Gasteiger partial charge in [0.05, 0.1) is 0 Å². The summed E-state index contributed by atoms with van der Waals surface area (Å²) in [5, 5.41) is 3.62. The van der Waals surface area contributed by atoms with E-state index in [4.69, 9.17) is 0 Å². The first-order valence-electron chi connectivity index (χ1n) is 6.38. The van der Waals surface area contributed by atoms with Crippen molar-refractivity contribution in [3.63, 3.8) is 0 Å². The van der Waals surface area contributed by atoms with E-state index in [0.29, 0.717) is 5.54 Å². The minimum atomic E-state index is 0.535. The Balaban J connectivity index is 1.54. The summed E-state index contributed by atoms with van der Waals surface area (Å²) in [5.41, 5.74) is 1.98. The molecule has 2 nitrogen and oxygen atoms in total. The highest BCUT2D eigenvalue weighted by Crippen LogP contribution is 2.31. The van der Waals surface area contributed by atoms with Crippen molar-refractivity contribution in [2.75, 3.05) is 19.6 Å². The van der Waals surface area contributed by atoms with E-state index in [1.807, 2.05) is 0 Å². The molecule has 86 valence electrons. The topological polar surface area (TPSA) is 15.3 Å². The molecule has 0 aromatic heterocycles. The first-order valence-corrected chi connectivity index (χ1v) is 6.38. The lowest BCUT2D eigenvalue weighted by molar-refractivity contribution is 0.0813. The van der Waals surface area contributed by atoms with E-state index in [9.17, 15) is 0 Å². The zero-order valence-electron chi connectivity index (χ0n) is 9.78. The molecule has 1 aromatic carbocycles. The van der Waals surface area contributed by atoms with Gasteiger partial charge in [0.25, 0.3) is 0 Å². The molecule has 2 aliphatic heterocycles. The van der Waals surface area contributed by atoms with Crippen molar-refractivity contribution in [2.45, 2.75) is 31.3 Å². The van der Waals surface area contributed by atoms with Crippen LogP contribution in [0.2, 0.25) is 0 Å². The van der Waals surface area contributed by atoms with Crippen LogP contribution in [0.4, 0.5) is 0 Å². The van der Waals surface area contributed by atoms with Crippen molar-refractivity contribution in [1.29, 1.82) is 0 Å². The highest BCUT2D eigenvalue weighted by molar-refractivity contribution is 5.14. The number of likely N-dealkylation sites (tertiary alicyclic amines) is 1. The molecule has 2 aliphatic rings. The third-order valence-electron chi connectivity index (χ3n) is 4.17. The molecule has 0 aliphatic carbocycles. The van der Waals surface area contributed by atoms with Gasteiger partial charge in [-0.2, -0.15) is 0 Å². The molecule has 3 rings (SSSR count). The Morgan fingerprint density at radius 1 is 1.06 bits per heavy atom. The zero-order valence-corrected chi connectivity index (χ0v) is 9.78. The maximum absolute atomic E-state index is 3.62. The lowest BCUT2D eigenvalue weighted by Crippen LogP contribution is -2.61. The van der Waals surface area contributed by atoms with Crippen LogP contribution in [0, 0.1) is 0 Å². The molecule has 0 amide bonds. The number of piperidine rings is 1. The highest BCUT2D eigenvalue weighted by Gasteiger charge is 2.38. The summed E-state index contributed by atoms with van der Waals surface area (Å²) in [4.78, 5) is 2.58. The molecular formula is C14H20N2. The van der Waals surface area contributed by atoms with E-state index < -0.39 is 0 Å². The Hall–Kier alpha value is -0.860. The Labute approximate surface area is 97.6 Å². The number of hydrogen-bond acceptors (Lipinski definition) is 2. The molecular weight excluding hydrogens is 196 g/mol. The van der Waals surface area contributed by atoms with Gasteiger partial charge in [-0.1, -0.05) is 30.3 Å². The number of nitrogens with zero attached hydrogens (tertiary/aromatic N) is 1. The second-order valence-electron chi connectivity index (χ2n) is 5.22. The maximum Gasteiger partial charge on any atom is 0.0233 e. The summed E-state index contributed by atoms with van der Waals surface area (Å²) >= 11 is 0. The summed E-state index contributed by atoms with van der Waals surface area (Å²) in [7, 11) is 0. The lowest BCUT2D eigenvalue weighted by Gasteiger charge is -2.49. The van der Waals surface area contributed by atoms with Gasteiger partial charge in [0.2, 0.25) is 0 Å². The number of rotatable bonds is 2. The molecule has 1 aromatic rings. The Kier molecular flexibility index (Phi) is 2.70. The molecule has 0 atom stereocenters. The summed E-state index contributed by atoms with van der Waals surface area (Å²) in [5.74, 6) is 0. The normalized spacial score (nSPS) is 24.2. The van der Waals surface area contributed by atoms with Gasteiger partial charge >= 0.3 is 0 Å². The van der Waals surface area contributed by atoms with E-state index in [2.05, 4.69) is 40.5 Å². The smallest absolute Gasteiger partial charge is 0.0233 e. The third-order valence-corrected chi connectivity index (χ3v) is 4.17. The van der Waals surface area contributed by atoms with Crippen molar-refractivity contribution in [1.82, 2.24) is 10.2 Å². The second-order valence-corrected chi connectivity index (χ2v) is 5.22. The van der Waals surface area contributed by atoms with Crippen LogP contribution in [-0.4, -0.2) is 30.1 Å². The SMILES string of the molecule is c1ccc(CN2CCC3(CCN3)CC2)cc1. The van der Waals surface area contributed by atoms with E-state index in [-0.39, 0.29) is 0 Å². The van der Waals surface area contributed by atoms with Gasteiger partial charge in [-0.15, -0.1) is 0 Å². The predicted molar refractivity (Wildman–Crippen MR) is 66.3 cm³/mol. The van der Waals surface area contributed by atoms with Gasteiger partial charge in [-0.3, -0.25) is 4.90 Å². The van der Waals surface area contributed by atoms with Crippen LogP contribution in [0.5, 0.6) is 0 Å². The van der Waals surface area contributed by atoms with E-state index in [0.717, 1.165) is 6.54 Å². The fraction of sp³-hybridized carbons (Fsp3) is 0.571. The number of nitrogens with one attached hydrogen (secondary N) is 1. The van der Waals surface area contributed by atoms with Crippen molar-refractivity contribution in [3.05, 3.63) is 35.9 Å². The fourth-order valence-electron chi connectivity index (χ4n) is 2.89. The highest BCUT2D eigenvalue weighted by atomic mass is 15.2. The van der Waals surface area contributed by atoms with Crippen LogP contribution in [0.1, 0.15) is 24.8 Å². The maximum atomic E-state index is 3.62. The summed E-state index contributed by atoms with van der Waals surface area (Å²) in [6.45, 7) is 4.86. The molecule has 0 bridgehead atoms. The largest absolute Gasteiger partial charge is 0.311 e. The molecule has 0 unspecified atom stereocenters. The van der Waals surface area contributed by atoms with Crippen LogP contribution in [0.25, 0.3) is 0 Å². The summed E-state index contributed by atoms with van der Waals surface area (Å²) in [6.07, 6.45) is 4.06. The van der Waals surface area contributed by atoms with Crippen LogP contribution in [0.3, 0.4) is 0 Å². The van der Waals surface area contributed by atoms with Crippen LogP contribution in [-0.2, 0) is 6.54 Å². The average Bonchev–Trinajstić information content (AvgIpc) is 2.29. The van der Waals surface area contributed by atoms with Crippen LogP contribution in [0.15, 0.2) is 30.3 Å². The quantitative estimate of drug-likeness (QED) is 0.813. The standard InChI is InChI=1S/C14H20N2/c1-2-4-13(5-3-1)12-16-10-7-14(8-11-16)6-9-15-14/h1-5,15H,6-12H2. The first-order chi connectivity index (χ1) is 7.86. The van der Waals surface area contributed by atoms with Gasteiger partial charge in [0, 0.05) is 25.2 Å². The predicted octanol–water partition coefficient (Wildman–Crippen LogP) is 2.01. The van der Waals surface area contributed by atoms with Crippen molar-refractivity contribution in [3.8, 4) is 0 Å². The Morgan fingerprint density at radius 2 is 1.75 bits per heavy atom. The number of hydrogen-bond donors (Lipinski definition) is 1. The molecule has 2 heteroatoms. The molecule has 2 fully saturated rings. The van der Waals surface area contributed by atoms with Gasteiger partial charge in [0.1, 0.15) is 0 Å². The second kappa shape index (κ2) is 4.19. The Bertz CT molecular complexity index is 333. The van der Waals surface area contributed by atoms with E-state index in [1.165, 1.54) is 44.5 Å². The van der Waals surface area contributed by atoms with Crippen LogP contribution >= 0.6 is 0 Å².